The van der Waals surface area contributed by atoms with Crippen LogP contribution in [0.1, 0.15) is 31.2 Å². The van der Waals surface area contributed by atoms with Crippen molar-refractivity contribution in [3.63, 3.8) is 0 Å². The number of rotatable bonds is 5. The number of terminal acetylenes is 1. The van der Waals surface area contributed by atoms with Gasteiger partial charge in [-0.2, -0.15) is 0 Å². The number of nitrogens with zero attached hydrogens (tertiary/aromatic N) is 1. The lowest BCUT2D eigenvalue weighted by atomic mass is 10.2. The van der Waals surface area contributed by atoms with Crippen molar-refractivity contribution in [2.45, 2.75) is 32.6 Å². The van der Waals surface area contributed by atoms with E-state index in [1.807, 2.05) is 13.0 Å². The van der Waals surface area contributed by atoms with Crippen LogP contribution in [-0.4, -0.2) is 10.9 Å². The Morgan fingerprint density at radius 1 is 1.59 bits per heavy atom. The van der Waals surface area contributed by atoms with Crippen LogP contribution in [0, 0.1) is 19.3 Å². The van der Waals surface area contributed by atoms with Crippen molar-refractivity contribution in [1.82, 2.24) is 4.98 Å². The molecule has 0 aliphatic heterocycles. The van der Waals surface area contributed by atoms with Gasteiger partial charge in [0.2, 0.25) is 5.91 Å². The van der Waals surface area contributed by atoms with Gasteiger partial charge in [-0.15, -0.1) is 12.3 Å². The zero-order valence-corrected chi connectivity index (χ0v) is 11.4. The highest BCUT2D eigenvalue weighted by molar-refractivity contribution is 9.10. The van der Waals surface area contributed by atoms with Crippen LogP contribution in [0.15, 0.2) is 16.9 Å². The second-order valence-electron chi connectivity index (χ2n) is 3.79. The molecule has 0 radical (unpaired) electrons. The Labute approximate surface area is 110 Å². The third-order valence-electron chi connectivity index (χ3n) is 2.27. The molecule has 0 fully saturated rings. The summed E-state index contributed by atoms with van der Waals surface area (Å²) in [5.41, 5.74) is 1.72. The van der Waals surface area contributed by atoms with E-state index in [1.54, 1.807) is 6.20 Å². The molecule has 0 aliphatic rings. The van der Waals surface area contributed by atoms with Gasteiger partial charge in [-0.1, -0.05) is 0 Å². The van der Waals surface area contributed by atoms with Crippen molar-refractivity contribution in [2.24, 2.45) is 0 Å². The number of halogens is 1. The molecule has 0 aliphatic carbocycles. The van der Waals surface area contributed by atoms with Crippen molar-refractivity contribution in [3.05, 3.63) is 22.4 Å². The molecule has 17 heavy (non-hydrogen) atoms. The zero-order valence-electron chi connectivity index (χ0n) is 9.79. The van der Waals surface area contributed by atoms with Crippen molar-refractivity contribution < 1.29 is 4.79 Å². The van der Waals surface area contributed by atoms with Gasteiger partial charge in [0.05, 0.1) is 11.9 Å². The highest BCUT2D eigenvalue weighted by Crippen LogP contribution is 2.17. The Morgan fingerprint density at radius 3 is 3.00 bits per heavy atom. The molecule has 90 valence electrons. The summed E-state index contributed by atoms with van der Waals surface area (Å²) in [6, 6.07) is 1.89. The molecule has 1 aromatic rings. The number of unbranched alkanes of at least 4 members (excludes halogenated alkanes) is 2. The molecule has 4 heteroatoms. The molecule has 0 aromatic carbocycles. The number of carbonyl (C=O) groups is 1. The smallest absolute Gasteiger partial charge is 0.224 e. The van der Waals surface area contributed by atoms with E-state index in [1.165, 1.54) is 0 Å². The number of hydrogen-bond donors (Lipinski definition) is 1. The van der Waals surface area contributed by atoms with E-state index < -0.39 is 0 Å². The van der Waals surface area contributed by atoms with E-state index in [4.69, 9.17) is 6.42 Å². The van der Waals surface area contributed by atoms with Gasteiger partial charge in [0.1, 0.15) is 4.60 Å². The molecular formula is C13H15BrN2O. The first-order valence-electron chi connectivity index (χ1n) is 5.49. The van der Waals surface area contributed by atoms with Crippen molar-refractivity contribution in [1.29, 1.82) is 0 Å². The molecule has 0 spiro atoms. The highest BCUT2D eigenvalue weighted by atomic mass is 79.9. The van der Waals surface area contributed by atoms with Gasteiger partial charge in [0.25, 0.3) is 0 Å². The minimum absolute atomic E-state index is 0.00513. The quantitative estimate of drug-likeness (QED) is 0.514. The summed E-state index contributed by atoms with van der Waals surface area (Å²) >= 11 is 3.31. The average Bonchev–Trinajstić information content (AvgIpc) is 2.30. The Bertz CT molecular complexity index is 438. The Kier molecular flexibility index (Phi) is 5.71. The summed E-state index contributed by atoms with van der Waals surface area (Å²) in [6.07, 6.45) is 9.71. The Balaban J connectivity index is 2.40. The number of anilines is 1. The fourth-order valence-corrected chi connectivity index (χ4v) is 1.58. The van der Waals surface area contributed by atoms with Gasteiger partial charge >= 0.3 is 0 Å². The first kappa shape index (κ1) is 13.7. The minimum atomic E-state index is 0.00513. The number of aryl methyl sites for hydroxylation is 1. The summed E-state index contributed by atoms with van der Waals surface area (Å²) in [5, 5.41) is 2.81. The number of pyridine rings is 1. The van der Waals surface area contributed by atoms with E-state index in [0.717, 1.165) is 35.1 Å². The monoisotopic (exact) mass is 294 g/mol. The number of carbonyl (C=O) groups excluding carboxylic acids is 1. The van der Waals surface area contributed by atoms with Crippen LogP contribution >= 0.6 is 15.9 Å². The van der Waals surface area contributed by atoms with E-state index in [2.05, 4.69) is 32.2 Å². The molecular weight excluding hydrogens is 280 g/mol. The molecule has 3 nitrogen and oxygen atoms in total. The fraction of sp³-hybridized carbons (Fsp3) is 0.385. The molecule has 0 saturated heterocycles. The normalized spacial score (nSPS) is 9.71. The predicted octanol–water partition coefficient (Wildman–Crippen LogP) is 3.28. The van der Waals surface area contributed by atoms with Gasteiger partial charge in [0.15, 0.2) is 0 Å². The van der Waals surface area contributed by atoms with Gasteiger partial charge in [-0.25, -0.2) is 4.98 Å². The fourth-order valence-electron chi connectivity index (χ4n) is 1.36. The lowest BCUT2D eigenvalue weighted by Crippen LogP contribution is -2.11. The van der Waals surface area contributed by atoms with Crippen LogP contribution in [0.5, 0.6) is 0 Å². The summed E-state index contributed by atoms with van der Waals surface area (Å²) in [4.78, 5) is 15.7. The van der Waals surface area contributed by atoms with E-state index >= 15 is 0 Å². The molecule has 1 N–H and O–H groups in total. The van der Waals surface area contributed by atoms with Crippen LogP contribution < -0.4 is 5.32 Å². The SMILES string of the molecule is C#CCCCCC(=O)Nc1cnc(Br)c(C)c1. The standard InChI is InChI=1S/C13H15BrN2O/c1-3-4-5-6-7-12(17)16-11-8-10(2)13(14)15-9-11/h1,8-9H,4-7H2,2H3,(H,16,17). The lowest BCUT2D eigenvalue weighted by Gasteiger charge is -2.06. The summed E-state index contributed by atoms with van der Waals surface area (Å²) in [7, 11) is 0. The molecule has 1 amide bonds. The Hall–Kier alpha value is -1.34. The van der Waals surface area contributed by atoms with Gasteiger partial charge in [-0.3, -0.25) is 4.79 Å². The number of hydrogen-bond acceptors (Lipinski definition) is 2. The summed E-state index contributed by atoms with van der Waals surface area (Å²) < 4.78 is 0.796. The predicted molar refractivity (Wildman–Crippen MR) is 72.6 cm³/mol. The third-order valence-corrected chi connectivity index (χ3v) is 3.10. The topological polar surface area (TPSA) is 42.0 Å². The van der Waals surface area contributed by atoms with Crippen molar-refractivity contribution in [2.75, 3.05) is 5.32 Å². The second-order valence-corrected chi connectivity index (χ2v) is 4.54. The van der Waals surface area contributed by atoms with Crippen LogP contribution in [-0.2, 0) is 4.79 Å². The first-order chi connectivity index (χ1) is 8.13. The van der Waals surface area contributed by atoms with Crippen LogP contribution in [0.3, 0.4) is 0 Å². The number of nitrogens with one attached hydrogen (secondary N) is 1. The van der Waals surface area contributed by atoms with E-state index in [-0.39, 0.29) is 5.91 Å². The largest absolute Gasteiger partial charge is 0.325 e. The van der Waals surface area contributed by atoms with Crippen molar-refractivity contribution in [3.8, 4) is 12.3 Å². The second kappa shape index (κ2) is 7.08. The maximum Gasteiger partial charge on any atom is 0.224 e. The van der Waals surface area contributed by atoms with Crippen LogP contribution in [0.25, 0.3) is 0 Å². The van der Waals surface area contributed by atoms with Crippen LogP contribution in [0.4, 0.5) is 5.69 Å². The number of aromatic nitrogens is 1. The number of amides is 1. The first-order valence-corrected chi connectivity index (χ1v) is 6.28. The maximum atomic E-state index is 11.6. The molecule has 0 saturated carbocycles. The summed E-state index contributed by atoms with van der Waals surface area (Å²) in [5.74, 6) is 2.56. The van der Waals surface area contributed by atoms with E-state index in [0.29, 0.717) is 6.42 Å². The minimum Gasteiger partial charge on any atom is -0.325 e. The van der Waals surface area contributed by atoms with Crippen molar-refractivity contribution >= 4 is 27.5 Å². The zero-order chi connectivity index (χ0) is 12.7. The van der Waals surface area contributed by atoms with Crippen LogP contribution in [0.2, 0.25) is 0 Å². The van der Waals surface area contributed by atoms with E-state index in [9.17, 15) is 4.79 Å². The maximum absolute atomic E-state index is 11.6. The molecule has 0 atom stereocenters. The molecule has 0 bridgehead atoms. The lowest BCUT2D eigenvalue weighted by molar-refractivity contribution is -0.116. The third kappa shape index (κ3) is 5.01. The molecule has 0 unspecified atom stereocenters. The van der Waals surface area contributed by atoms with Gasteiger partial charge < -0.3 is 5.32 Å². The highest BCUT2D eigenvalue weighted by Gasteiger charge is 2.03. The summed E-state index contributed by atoms with van der Waals surface area (Å²) in [6.45, 7) is 1.93. The molecule has 1 rings (SSSR count). The average molecular weight is 295 g/mol. The molecule has 1 heterocycles. The Morgan fingerprint density at radius 2 is 2.35 bits per heavy atom. The molecule has 1 aromatic heterocycles. The van der Waals surface area contributed by atoms with Gasteiger partial charge in [0, 0.05) is 12.8 Å². The van der Waals surface area contributed by atoms with Gasteiger partial charge in [-0.05, 0) is 47.3 Å².